The number of anilines is 1. The van der Waals surface area contributed by atoms with Crippen LogP contribution in [0.15, 0.2) is 41.3 Å². The maximum Gasteiger partial charge on any atom is 0.339 e. The molecule has 1 heterocycles. The van der Waals surface area contributed by atoms with Gasteiger partial charge in [-0.15, -0.1) is 0 Å². The molecule has 3 rings (SSSR count). The molecule has 0 aliphatic carbocycles. The molecule has 0 spiro atoms. The number of nitrogens with zero attached hydrogens (tertiary/aromatic N) is 1. The number of aromatic carboxylic acids is 1. The van der Waals surface area contributed by atoms with Gasteiger partial charge in [0.25, 0.3) is 5.91 Å². The summed E-state index contributed by atoms with van der Waals surface area (Å²) in [5.41, 5.74) is 0.714. The minimum Gasteiger partial charge on any atom is -0.507 e. The average Bonchev–Trinajstić information content (AvgIpc) is 3.12. The summed E-state index contributed by atoms with van der Waals surface area (Å²) in [7, 11) is 1.58. The molecule has 0 bridgehead atoms. The highest BCUT2D eigenvalue weighted by Gasteiger charge is 2.34. The van der Waals surface area contributed by atoms with Crippen molar-refractivity contribution in [2.24, 2.45) is 0 Å². The van der Waals surface area contributed by atoms with Gasteiger partial charge in [0.1, 0.15) is 11.3 Å². The van der Waals surface area contributed by atoms with Gasteiger partial charge in [-0.1, -0.05) is 62.7 Å². The maximum atomic E-state index is 13.1. The number of carbonyl (C=O) groups excluding carboxylic acids is 1. The molecule has 1 atom stereocenters. The lowest BCUT2D eigenvalue weighted by atomic mass is 10.1. The molecule has 1 fully saturated rings. The minimum atomic E-state index is -1.30. The Balaban J connectivity index is 1.73. The van der Waals surface area contributed by atoms with Gasteiger partial charge in [0.05, 0.1) is 23.8 Å². The number of hydrogen-bond donors (Lipinski definition) is 2. The van der Waals surface area contributed by atoms with Crippen LogP contribution in [0.2, 0.25) is 0 Å². The molecule has 0 unspecified atom stereocenters. The topological polar surface area (TPSA) is 96.3 Å². The van der Waals surface area contributed by atoms with Gasteiger partial charge in [0, 0.05) is 0 Å². The van der Waals surface area contributed by atoms with Gasteiger partial charge in [-0.05, 0) is 61.7 Å². The van der Waals surface area contributed by atoms with Gasteiger partial charge in [-0.25, -0.2) is 4.79 Å². The molecule has 1 aliphatic heterocycles. The monoisotopic (exact) mass is 529 g/mol. The molecule has 2 N–H and O–H groups in total. The molecule has 0 saturated carbocycles. The van der Waals surface area contributed by atoms with Gasteiger partial charge in [-0.3, -0.25) is 9.69 Å². The predicted octanol–water partition coefficient (Wildman–Crippen LogP) is 6.63. The number of amides is 1. The quantitative estimate of drug-likeness (QED) is 0.180. The number of aromatic hydroxyl groups is 1. The molecule has 1 amide bonds. The summed E-state index contributed by atoms with van der Waals surface area (Å²) >= 11 is 6.50. The van der Waals surface area contributed by atoms with E-state index in [0.29, 0.717) is 16.4 Å². The summed E-state index contributed by atoms with van der Waals surface area (Å²) in [5.74, 6) is -0.832. The molecule has 1 saturated heterocycles. The number of thioether (sulfide) groups is 1. The minimum absolute atomic E-state index is 0.0589. The van der Waals surface area contributed by atoms with E-state index in [4.69, 9.17) is 21.7 Å². The first-order valence-corrected chi connectivity index (χ1v) is 13.2. The summed E-state index contributed by atoms with van der Waals surface area (Å²) in [4.78, 5) is 26.1. The maximum absolute atomic E-state index is 13.1. The SMILES string of the molecule is CCCCCCC[C@H](C)Oc1ccc(/C=C2/SC(=S)N(c3ccc(O)c(C(=O)O)c3)C2=O)cc1OC. The number of ether oxygens (including phenoxy) is 2. The summed E-state index contributed by atoms with van der Waals surface area (Å²) in [6.45, 7) is 4.26. The highest BCUT2D eigenvalue weighted by atomic mass is 32.2. The first kappa shape index (κ1) is 27.5. The van der Waals surface area contributed by atoms with Crippen molar-refractivity contribution < 1.29 is 29.3 Å². The Bertz CT molecular complexity index is 1160. The number of rotatable bonds is 12. The van der Waals surface area contributed by atoms with Crippen molar-refractivity contribution in [2.45, 2.75) is 58.5 Å². The molecule has 192 valence electrons. The number of carbonyl (C=O) groups is 2. The molecule has 2 aromatic carbocycles. The number of unbranched alkanes of at least 4 members (excludes halogenated alkanes) is 4. The Morgan fingerprint density at radius 3 is 2.58 bits per heavy atom. The van der Waals surface area contributed by atoms with Gasteiger partial charge >= 0.3 is 5.97 Å². The van der Waals surface area contributed by atoms with Crippen LogP contribution < -0.4 is 14.4 Å². The normalized spacial score (nSPS) is 15.4. The van der Waals surface area contributed by atoms with Crippen LogP contribution >= 0.6 is 24.0 Å². The van der Waals surface area contributed by atoms with Crippen molar-refractivity contribution in [1.29, 1.82) is 0 Å². The van der Waals surface area contributed by atoms with E-state index in [1.54, 1.807) is 19.3 Å². The lowest BCUT2D eigenvalue weighted by Gasteiger charge is -2.17. The molecule has 7 nitrogen and oxygen atoms in total. The van der Waals surface area contributed by atoms with Crippen molar-refractivity contribution in [3.05, 3.63) is 52.4 Å². The van der Waals surface area contributed by atoms with E-state index in [-0.39, 0.29) is 33.3 Å². The third-order valence-electron chi connectivity index (χ3n) is 5.79. The molecular weight excluding hydrogens is 498 g/mol. The van der Waals surface area contributed by atoms with Crippen molar-refractivity contribution in [1.82, 2.24) is 0 Å². The second-order valence-corrected chi connectivity index (χ2v) is 10.2. The van der Waals surface area contributed by atoms with E-state index < -0.39 is 5.97 Å². The zero-order valence-electron chi connectivity index (χ0n) is 20.7. The van der Waals surface area contributed by atoms with E-state index >= 15 is 0 Å². The second-order valence-electron chi connectivity index (χ2n) is 8.57. The van der Waals surface area contributed by atoms with E-state index in [2.05, 4.69) is 13.8 Å². The van der Waals surface area contributed by atoms with Crippen LogP contribution in [0.3, 0.4) is 0 Å². The third kappa shape index (κ3) is 6.79. The lowest BCUT2D eigenvalue weighted by Crippen LogP contribution is -2.27. The van der Waals surface area contributed by atoms with Crippen molar-refractivity contribution >= 4 is 51.9 Å². The Hall–Kier alpha value is -3.04. The fourth-order valence-corrected chi connectivity index (χ4v) is 5.16. The number of hydrogen-bond acceptors (Lipinski definition) is 7. The van der Waals surface area contributed by atoms with Gasteiger partial charge in [-0.2, -0.15) is 0 Å². The molecule has 0 radical (unpaired) electrons. The summed E-state index contributed by atoms with van der Waals surface area (Å²) < 4.78 is 11.9. The van der Waals surface area contributed by atoms with Crippen molar-refractivity contribution in [3.8, 4) is 17.2 Å². The van der Waals surface area contributed by atoms with Crippen LogP contribution in [-0.4, -0.2) is 39.6 Å². The third-order valence-corrected chi connectivity index (χ3v) is 7.09. The van der Waals surface area contributed by atoms with E-state index in [9.17, 15) is 19.8 Å². The number of thiocarbonyl (C=S) groups is 1. The van der Waals surface area contributed by atoms with Crippen LogP contribution in [0, 0.1) is 0 Å². The molecule has 2 aromatic rings. The van der Waals surface area contributed by atoms with Gasteiger partial charge in [0.2, 0.25) is 0 Å². The number of phenols is 1. The van der Waals surface area contributed by atoms with Crippen LogP contribution in [0.25, 0.3) is 6.08 Å². The summed E-state index contributed by atoms with van der Waals surface area (Å²) in [6.07, 6.45) is 8.81. The standard InChI is InChI=1S/C27H31NO6S2/c1-4-5-6-7-8-9-17(2)34-22-13-10-18(14-23(22)33-3)15-24-25(30)28(27(35)36-24)19-11-12-21(29)20(16-19)26(31)32/h10-17,29H,4-9H2,1-3H3,(H,31,32)/b24-15+/t17-/m0/s1. The second kappa shape index (κ2) is 12.8. The van der Waals surface area contributed by atoms with Crippen LogP contribution in [0.5, 0.6) is 17.2 Å². The first-order valence-electron chi connectivity index (χ1n) is 11.9. The number of methoxy groups -OCH3 is 1. The van der Waals surface area contributed by atoms with Gasteiger partial charge < -0.3 is 19.7 Å². The van der Waals surface area contributed by atoms with Crippen LogP contribution in [0.1, 0.15) is 68.3 Å². The molecule has 1 aliphatic rings. The Morgan fingerprint density at radius 2 is 1.89 bits per heavy atom. The first-order chi connectivity index (χ1) is 17.2. The highest BCUT2D eigenvalue weighted by molar-refractivity contribution is 8.27. The summed E-state index contributed by atoms with van der Waals surface area (Å²) in [6, 6.07) is 9.40. The average molecular weight is 530 g/mol. The molecule has 0 aromatic heterocycles. The fraction of sp³-hybridized carbons (Fsp3) is 0.370. The molecular formula is C27H31NO6S2. The lowest BCUT2D eigenvalue weighted by molar-refractivity contribution is -0.113. The predicted molar refractivity (Wildman–Crippen MR) is 147 cm³/mol. The Labute approximate surface area is 221 Å². The van der Waals surface area contributed by atoms with Crippen LogP contribution in [-0.2, 0) is 4.79 Å². The van der Waals surface area contributed by atoms with E-state index in [0.717, 1.165) is 30.2 Å². The smallest absolute Gasteiger partial charge is 0.339 e. The fourth-order valence-electron chi connectivity index (χ4n) is 3.86. The highest BCUT2D eigenvalue weighted by Crippen LogP contribution is 2.38. The largest absolute Gasteiger partial charge is 0.507 e. The van der Waals surface area contributed by atoms with E-state index in [1.807, 2.05) is 12.1 Å². The number of carboxylic acids is 1. The van der Waals surface area contributed by atoms with Crippen molar-refractivity contribution in [3.63, 3.8) is 0 Å². The zero-order valence-corrected chi connectivity index (χ0v) is 22.3. The van der Waals surface area contributed by atoms with Crippen molar-refractivity contribution in [2.75, 3.05) is 12.0 Å². The molecule has 9 heteroatoms. The number of benzene rings is 2. The molecule has 36 heavy (non-hydrogen) atoms. The zero-order chi connectivity index (χ0) is 26.2. The summed E-state index contributed by atoms with van der Waals surface area (Å²) in [5, 5.41) is 19.0. The Morgan fingerprint density at radius 1 is 1.14 bits per heavy atom. The van der Waals surface area contributed by atoms with E-state index in [1.165, 1.54) is 48.8 Å². The Kier molecular flexibility index (Phi) is 9.78. The van der Waals surface area contributed by atoms with Gasteiger partial charge in [0.15, 0.2) is 15.8 Å². The number of carboxylic acid groups (broad SMARTS) is 1. The van der Waals surface area contributed by atoms with Crippen LogP contribution in [0.4, 0.5) is 5.69 Å².